The number of rotatable bonds is 7. The number of hydrogen-bond acceptors (Lipinski definition) is 5. The third kappa shape index (κ3) is 4.67. The lowest BCUT2D eigenvalue weighted by molar-refractivity contribution is -0.117. The largest absolute Gasteiger partial charge is 0.326 e. The number of aliphatic imine (C=N–C) groups is 1. The van der Waals surface area contributed by atoms with Crippen molar-refractivity contribution < 1.29 is 18.0 Å². The van der Waals surface area contributed by atoms with Crippen LogP contribution < -0.4 is 14.9 Å². The Labute approximate surface area is 187 Å². The van der Waals surface area contributed by atoms with Crippen LogP contribution in [0.15, 0.2) is 52.4 Å². The second-order valence-corrected chi connectivity index (χ2v) is 9.61. The van der Waals surface area contributed by atoms with Crippen molar-refractivity contribution in [3.63, 3.8) is 0 Å². The van der Waals surface area contributed by atoms with Gasteiger partial charge in [0.25, 0.3) is 10.0 Å². The maximum Gasteiger partial charge on any atom is 0.263 e. The van der Waals surface area contributed by atoms with Crippen LogP contribution in [-0.2, 0) is 26.0 Å². The minimum Gasteiger partial charge on any atom is -0.326 e. The fourth-order valence-corrected chi connectivity index (χ4v) is 5.30. The Kier molecular flexibility index (Phi) is 6.27. The summed E-state index contributed by atoms with van der Waals surface area (Å²) in [7, 11) is -3.51. The molecule has 0 unspecified atom stereocenters. The van der Waals surface area contributed by atoms with Gasteiger partial charge in [0, 0.05) is 43.4 Å². The Bertz CT molecular complexity index is 1190. The number of nitrogens with zero attached hydrogens (tertiary/aromatic N) is 2. The molecular weight excluding hydrogens is 428 g/mol. The molecule has 2 aromatic carbocycles. The summed E-state index contributed by atoms with van der Waals surface area (Å²) in [5.74, 6) is 0.369. The zero-order chi connectivity index (χ0) is 22.7. The molecule has 168 valence electrons. The van der Waals surface area contributed by atoms with Gasteiger partial charge < -0.3 is 10.2 Å². The van der Waals surface area contributed by atoms with Crippen LogP contribution in [0.3, 0.4) is 0 Å². The van der Waals surface area contributed by atoms with Crippen molar-refractivity contribution >= 4 is 39.0 Å². The summed E-state index contributed by atoms with van der Waals surface area (Å²) in [5.41, 5.74) is 3.34. The lowest BCUT2D eigenvalue weighted by Gasteiger charge is -2.15. The van der Waals surface area contributed by atoms with E-state index in [1.807, 2.05) is 18.2 Å². The number of benzene rings is 2. The van der Waals surface area contributed by atoms with Crippen molar-refractivity contribution in [3.05, 3.63) is 53.6 Å². The first-order valence-corrected chi connectivity index (χ1v) is 12.2. The summed E-state index contributed by atoms with van der Waals surface area (Å²) < 4.78 is 26.7. The molecule has 4 rings (SSSR count). The van der Waals surface area contributed by atoms with Crippen molar-refractivity contribution in [2.75, 3.05) is 23.3 Å². The van der Waals surface area contributed by atoms with Gasteiger partial charge >= 0.3 is 0 Å². The van der Waals surface area contributed by atoms with Gasteiger partial charge in [-0.05, 0) is 55.2 Å². The molecule has 0 aliphatic carbocycles. The molecule has 8 nitrogen and oxygen atoms in total. The number of carbonyl (C=O) groups excluding carboxylic acids is 2. The zero-order valence-corrected chi connectivity index (χ0v) is 18.7. The summed E-state index contributed by atoms with van der Waals surface area (Å²) >= 11 is 0. The smallest absolute Gasteiger partial charge is 0.263 e. The molecule has 0 saturated heterocycles. The molecule has 32 heavy (non-hydrogen) atoms. The van der Waals surface area contributed by atoms with Crippen molar-refractivity contribution in [1.82, 2.24) is 4.72 Å². The van der Waals surface area contributed by atoms with E-state index in [9.17, 15) is 18.0 Å². The molecule has 2 aromatic rings. The summed E-state index contributed by atoms with van der Waals surface area (Å²) in [6.45, 7) is 2.73. The Morgan fingerprint density at radius 3 is 2.75 bits per heavy atom. The molecular formula is C23H26N4O4S. The van der Waals surface area contributed by atoms with Crippen molar-refractivity contribution in [3.8, 4) is 0 Å². The average molecular weight is 455 g/mol. The molecule has 2 N–H and O–H groups in total. The normalized spacial score (nSPS) is 17.0. The Balaban J connectivity index is 1.21. The number of hydrogen-bond donors (Lipinski definition) is 2. The third-order valence-electron chi connectivity index (χ3n) is 5.63. The number of carbonyl (C=O) groups is 2. The maximum atomic E-state index is 12.3. The van der Waals surface area contributed by atoms with Gasteiger partial charge in [-0.15, -0.1) is 0 Å². The molecule has 0 aromatic heterocycles. The molecule has 0 radical (unpaired) electrons. The number of fused-ring (bicyclic) bond motifs is 2. The summed E-state index contributed by atoms with van der Waals surface area (Å²) in [6, 6.07) is 12.4. The highest BCUT2D eigenvalue weighted by molar-refractivity contribution is 7.90. The van der Waals surface area contributed by atoms with Crippen LogP contribution in [0, 0.1) is 0 Å². The van der Waals surface area contributed by atoms with E-state index < -0.39 is 10.0 Å². The van der Waals surface area contributed by atoms with E-state index >= 15 is 0 Å². The number of nitrogens with one attached hydrogen (secondary N) is 2. The molecule has 0 fully saturated rings. The molecule has 0 saturated carbocycles. The standard InChI is InChI=1S/C23H26N4O4S/c1-16(28)27-14-12-17-15-18(10-11-20(17)27)25-22(29)9-3-2-6-13-24-23-19-7-4-5-8-21(19)32(30,31)26-23/h4-5,7-8,10-11,15H,2-3,6,9,12-14H2,1H3,(H,24,26)(H,25,29). The highest BCUT2D eigenvalue weighted by Gasteiger charge is 2.29. The highest BCUT2D eigenvalue weighted by atomic mass is 32.2. The Hall–Kier alpha value is -3.20. The van der Waals surface area contributed by atoms with Gasteiger partial charge in [0.2, 0.25) is 11.8 Å². The number of unbranched alkanes of at least 4 members (excludes halogenated alkanes) is 2. The second-order valence-electron chi connectivity index (χ2n) is 7.95. The number of amides is 2. The van der Waals surface area contributed by atoms with E-state index in [0.717, 1.165) is 42.6 Å². The molecule has 0 atom stereocenters. The second kappa shape index (κ2) is 9.12. The van der Waals surface area contributed by atoms with E-state index in [4.69, 9.17) is 0 Å². The van der Waals surface area contributed by atoms with Gasteiger partial charge in [-0.2, -0.15) is 0 Å². The predicted molar refractivity (Wildman–Crippen MR) is 123 cm³/mol. The van der Waals surface area contributed by atoms with Gasteiger partial charge in [0.1, 0.15) is 5.84 Å². The molecule has 0 bridgehead atoms. The van der Waals surface area contributed by atoms with Crippen molar-refractivity contribution in [2.45, 2.75) is 43.9 Å². The molecule has 9 heteroatoms. The van der Waals surface area contributed by atoms with Crippen LogP contribution in [0.25, 0.3) is 0 Å². The van der Waals surface area contributed by atoms with Crippen LogP contribution >= 0.6 is 0 Å². The van der Waals surface area contributed by atoms with E-state index in [-0.39, 0.29) is 16.7 Å². The first-order chi connectivity index (χ1) is 15.3. The van der Waals surface area contributed by atoms with Crippen molar-refractivity contribution in [2.24, 2.45) is 4.99 Å². The SMILES string of the molecule is CC(=O)N1CCc2cc(NC(=O)CCCCCN=C3NS(=O)(=O)c4ccccc43)ccc21. The number of anilines is 2. The molecule has 2 aliphatic rings. The number of sulfonamides is 1. The minimum atomic E-state index is -3.51. The lowest BCUT2D eigenvalue weighted by Crippen LogP contribution is -2.25. The van der Waals surface area contributed by atoms with Crippen LogP contribution in [0.4, 0.5) is 11.4 Å². The minimum absolute atomic E-state index is 0.0280. The third-order valence-corrected chi connectivity index (χ3v) is 7.03. The zero-order valence-electron chi connectivity index (χ0n) is 17.9. The lowest BCUT2D eigenvalue weighted by atomic mass is 10.1. The first-order valence-electron chi connectivity index (χ1n) is 10.7. The van der Waals surface area contributed by atoms with Crippen LogP contribution in [0.1, 0.15) is 43.7 Å². The Morgan fingerprint density at radius 2 is 1.94 bits per heavy atom. The monoisotopic (exact) mass is 454 g/mol. The van der Waals surface area contributed by atoms with Gasteiger partial charge in [-0.3, -0.25) is 19.3 Å². The van der Waals surface area contributed by atoms with Crippen LogP contribution in [0.2, 0.25) is 0 Å². The van der Waals surface area contributed by atoms with Crippen molar-refractivity contribution in [1.29, 1.82) is 0 Å². The average Bonchev–Trinajstić information content (AvgIpc) is 3.29. The summed E-state index contributed by atoms with van der Waals surface area (Å²) in [4.78, 5) is 30.3. The highest BCUT2D eigenvalue weighted by Crippen LogP contribution is 2.30. The molecule has 2 amide bonds. The Morgan fingerprint density at radius 1 is 1.12 bits per heavy atom. The predicted octanol–water partition coefficient (Wildman–Crippen LogP) is 2.83. The van der Waals surface area contributed by atoms with Gasteiger partial charge in [0.15, 0.2) is 0 Å². The maximum absolute atomic E-state index is 12.3. The topological polar surface area (TPSA) is 108 Å². The molecule has 0 spiro atoms. The van der Waals surface area contributed by atoms with Gasteiger partial charge in [-0.1, -0.05) is 18.6 Å². The first kappa shape index (κ1) is 22.0. The van der Waals surface area contributed by atoms with Gasteiger partial charge in [-0.25, -0.2) is 8.42 Å². The fourth-order valence-electron chi connectivity index (χ4n) is 4.05. The van der Waals surface area contributed by atoms with E-state index in [2.05, 4.69) is 15.0 Å². The van der Waals surface area contributed by atoms with E-state index in [1.165, 1.54) is 0 Å². The summed E-state index contributed by atoms with van der Waals surface area (Å²) in [6.07, 6.45) is 3.50. The fraction of sp³-hybridized carbons (Fsp3) is 0.348. The quantitative estimate of drug-likeness (QED) is 0.627. The van der Waals surface area contributed by atoms with Crippen LogP contribution in [0.5, 0.6) is 0 Å². The van der Waals surface area contributed by atoms with E-state index in [1.54, 1.807) is 36.1 Å². The van der Waals surface area contributed by atoms with Crippen LogP contribution in [-0.4, -0.2) is 39.2 Å². The van der Waals surface area contributed by atoms with E-state index in [0.29, 0.717) is 30.9 Å². The molecule has 2 heterocycles. The molecule has 2 aliphatic heterocycles. The number of amidine groups is 1. The van der Waals surface area contributed by atoms with Gasteiger partial charge in [0.05, 0.1) is 4.90 Å². The summed E-state index contributed by atoms with van der Waals surface area (Å²) in [5, 5.41) is 2.92.